The van der Waals surface area contributed by atoms with Gasteiger partial charge in [0.25, 0.3) is 0 Å². The van der Waals surface area contributed by atoms with Crippen LogP contribution in [0.1, 0.15) is 18.1 Å². The Morgan fingerprint density at radius 2 is 2.00 bits per heavy atom. The van der Waals surface area contributed by atoms with Gasteiger partial charge >= 0.3 is 6.18 Å². The maximum absolute atomic E-state index is 12.7. The molecule has 27 heavy (non-hydrogen) atoms. The predicted octanol–water partition coefficient (Wildman–Crippen LogP) is 2.90. The van der Waals surface area contributed by atoms with Gasteiger partial charge in [0.1, 0.15) is 5.84 Å². The highest BCUT2D eigenvalue weighted by molar-refractivity contribution is 6.10. The van der Waals surface area contributed by atoms with Gasteiger partial charge in [0, 0.05) is 37.3 Å². The highest BCUT2D eigenvalue weighted by Gasteiger charge is 2.30. The zero-order chi connectivity index (χ0) is 19.4. The molecule has 3 heterocycles. The van der Waals surface area contributed by atoms with Gasteiger partial charge in [0.05, 0.1) is 17.4 Å². The van der Waals surface area contributed by atoms with Gasteiger partial charge < -0.3 is 5.32 Å². The fourth-order valence-corrected chi connectivity index (χ4v) is 2.24. The molecule has 0 fully saturated rings. The molecule has 0 saturated carbocycles. The Labute approximate surface area is 151 Å². The van der Waals surface area contributed by atoms with Crippen LogP contribution in [0.2, 0.25) is 0 Å². The number of carbonyl (C=O) groups excluding carboxylic acids is 1. The molecule has 0 aromatic carbocycles. The van der Waals surface area contributed by atoms with E-state index in [0.29, 0.717) is 17.4 Å². The van der Waals surface area contributed by atoms with Crippen LogP contribution in [0.5, 0.6) is 0 Å². The number of hydrogen-bond acceptors (Lipinski definition) is 5. The van der Waals surface area contributed by atoms with E-state index in [1.807, 2.05) is 0 Å². The number of aromatic nitrogens is 4. The number of amidine groups is 1. The molecular formula is C17H13F3N6O. The fraction of sp³-hybridized carbons (Fsp3) is 0.118. The van der Waals surface area contributed by atoms with E-state index >= 15 is 0 Å². The average molecular weight is 374 g/mol. The van der Waals surface area contributed by atoms with E-state index in [1.165, 1.54) is 24.0 Å². The number of pyridine rings is 2. The summed E-state index contributed by atoms with van der Waals surface area (Å²) >= 11 is 0. The first kappa shape index (κ1) is 18.2. The van der Waals surface area contributed by atoms with Crippen molar-refractivity contribution in [2.24, 2.45) is 4.99 Å². The van der Waals surface area contributed by atoms with Crippen molar-refractivity contribution in [3.8, 4) is 5.69 Å². The van der Waals surface area contributed by atoms with Crippen LogP contribution in [-0.4, -0.2) is 31.5 Å². The van der Waals surface area contributed by atoms with Crippen LogP contribution in [-0.2, 0) is 11.0 Å². The summed E-state index contributed by atoms with van der Waals surface area (Å²) in [4.78, 5) is 23.6. The minimum absolute atomic E-state index is 0.00924. The average Bonchev–Trinajstić information content (AvgIpc) is 3.15. The number of amides is 1. The number of nitrogens with zero attached hydrogens (tertiary/aromatic N) is 5. The van der Waals surface area contributed by atoms with Crippen molar-refractivity contribution < 1.29 is 18.0 Å². The number of alkyl halides is 3. The van der Waals surface area contributed by atoms with Gasteiger partial charge in [-0.25, -0.2) is 14.7 Å². The predicted molar refractivity (Wildman–Crippen MR) is 90.6 cm³/mol. The summed E-state index contributed by atoms with van der Waals surface area (Å²) in [6.07, 6.45) is 2.48. The lowest BCUT2D eigenvalue weighted by Crippen LogP contribution is -2.30. The molecule has 3 aromatic rings. The topological polar surface area (TPSA) is 85.1 Å². The third kappa shape index (κ3) is 4.35. The summed E-state index contributed by atoms with van der Waals surface area (Å²) in [7, 11) is 0. The summed E-state index contributed by atoms with van der Waals surface area (Å²) in [5, 5.41) is 6.69. The lowest BCUT2D eigenvalue weighted by molar-refractivity contribution is -0.137. The first-order chi connectivity index (χ1) is 12.8. The Hall–Kier alpha value is -3.56. The maximum Gasteiger partial charge on any atom is 0.417 e. The normalized spacial score (nSPS) is 12.1. The first-order valence-corrected chi connectivity index (χ1v) is 7.68. The van der Waals surface area contributed by atoms with E-state index in [4.69, 9.17) is 0 Å². The Morgan fingerprint density at radius 1 is 1.19 bits per heavy atom. The smallest absolute Gasteiger partial charge is 0.310 e. The molecule has 3 aromatic heterocycles. The Balaban J connectivity index is 2.06. The number of nitrogens with one attached hydrogen (secondary N) is 1. The molecule has 0 bridgehead atoms. The molecule has 1 N–H and O–H groups in total. The third-order valence-corrected chi connectivity index (χ3v) is 3.40. The van der Waals surface area contributed by atoms with Crippen LogP contribution in [0.25, 0.3) is 5.69 Å². The van der Waals surface area contributed by atoms with Crippen LogP contribution >= 0.6 is 0 Å². The van der Waals surface area contributed by atoms with Crippen LogP contribution in [0.15, 0.2) is 60.2 Å². The standard InChI is InChI=1S/C17H13F3N6O/c1-11(27)24-16(25-15-4-3-12(9-22-15)17(18,19)20)13-5-7-21-10-14(13)26-8-2-6-23-26/h2-10H,1H3,(H,22,24,25,27). The largest absolute Gasteiger partial charge is 0.417 e. The monoisotopic (exact) mass is 374 g/mol. The van der Waals surface area contributed by atoms with Gasteiger partial charge in [0.2, 0.25) is 5.91 Å². The number of carbonyl (C=O) groups is 1. The van der Waals surface area contributed by atoms with Crippen molar-refractivity contribution in [1.82, 2.24) is 25.1 Å². The van der Waals surface area contributed by atoms with Crippen LogP contribution in [0, 0.1) is 0 Å². The Morgan fingerprint density at radius 3 is 2.59 bits per heavy atom. The molecule has 0 saturated heterocycles. The van der Waals surface area contributed by atoms with E-state index < -0.39 is 17.6 Å². The molecule has 0 aliphatic carbocycles. The molecule has 0 spiro atoms. The first-order valence-electron chi connectivity index (χ1n) is 7.68. The highest BCUT2D eigenvalue weighted by Crippen LogP contribution is 2.29. The molecule has 0 aliphatic rings. The molecular weight excluding hydrogens is 361 g/mol. The summed E-state index contributed by atoms with van der Waals surface area (Å²) in [6, 6.07) is 5.32. The zero-order valence-electron chi connectivity index (χ0n) is 14.0. The van der Waals surface area contributed by atoms with E-state index in [0.717, 1.165) is 12.1 Å². The summed E-state index contributed by atoms with van der Waals surface area (Å²) in [6.45, 7) is 1.30. The van der Waals surface area contributed by atoms with Gasteiger partial charge in [-0.2, -0.15) is 18.3 Å². The van der Waals surface area contributed by atoms with Gasteiger partial charge in [-0.05, 0) is 24.3 Å². The molecule has 0 atom stereocenters. The lowest BCUT2D eigenvalue weighted by atomic mass is 10.2. The molecule has 3 rings (SSSR count). The second-order valence-corrected chi connectivity index (χ2v) is 5.39. The van der Waals surface area contributed by atoms with Crippen molar-refractivity contribution in [2.75, 3.05) is 0 Å². The fourth-order valence-electron chi connectivity index (χ4n) is 2.24. The lowest BCUT2D eigenvalue weighted by Gasteiger charge is -2.12. The minimum Gasteiger partial charge on any atom is -0.310 e. The van der Waals surface area contributed by atoms with E-state index in [2.05, 4.69) is 25.4 Å². The minimum atomic E-state index is -4.49. The van der Waals surface area contributed by atoms with Crippen molar-refractivity contribution in [3.63, 3.8) is 0 Å². The highest BCUT2D eigenvalue weighted by atomic mass is 19.4. The summed E-state index contributed by atoms with van der Waals surface area (Å²) in [5.41, 5.74) is 0.121. The van der Waals surface area contributed by atoms with Crippen molar-refractivity contribution in [1.29, 1.82) is 0 Å². The van der Waals surface area contributed by atoms with Crippen LogP contribution in [0.3, 0.4) is 0 Å². The Kier molecular flexibility index (Phi) is 4.97. The summed E-state index contributed by atoms with van der Waals surface area (Å²) < 4.78 is 39.6. The molecule has 10 heteroatoms. The van der Waals surface area contributed by atoms with E-state index in [1.54, 1.807) is 24.5 Å². The van der Waals surface area contributed by atoms with Gasteiger partial charge in [-0.1, -0.05) is 0 Å². The number of aliphatic imine (C=N–C) groups is 1. The maximum atomic E-state index is 12.7. The van der Waals surface area contributed by atoms with Gasteiger partial charge in [-0.3, -0.25) is 9.78 Å². The molecule has 138 valence electrons. The second-order valence-electron chi connectivity index (χ2n) is 5.39. The van der Waals surface area contributed by atoms with Gasteiger partial charge in [0.15, 0.2) is 5.82 Å². The van der Waals surface area contributed by atoms with Crippen molar-refractivity contribution in [2.45, 2.75) is 13.1 Å². The zero-order valence-corrected chi connectivity index (χ0v) is 14.0. The number of hydrogen-bond donors (Lipinski definition) is 1. The summed E-state index contributed by atoms with van der Waals surface area (Å²) in [5.74, 6) is -0.276. The molecule has 0 unspecified atom stereocenters. The van der Waals surface area contributed by atoms with Gasteiger partial charge in [-0.15, -0.1) is 0 Å². The number of halogens is 3. The van der Waals surface area contributed by atoms with Crippen molar-refractivity contribution in [3.05, 3.63) is 66.4 Å². The third-order valence-electron chi connectivity index (χ3n) is 3.40. The number of rotatable bonds is 3. The molecule has 7 nitrogen and oxygen atoms in total. The SMILES string of the molecule is CC(=O)NC(=Nc1ccc(C(F)(F)F)cn1)c1ccncc1-n1cccn1. The second kappa shape index (κ2) is 7.36. The molecule has 0 radical (unpaired) electrons. The molecule has 1 amide bonds. The quantitative estimate of drug-likeness (QED) is 0.564. The van der Waals surface area contributed by atoms with Crippen molar-refractivity contribution >= 4 is 17.6 Å². The van der Waals surface area contributed by atoms with Crippen LogP contribution < -0.4 is 5.32 Å². The molecule has 0 aliphatic heterocycles. The van der Waals surface area contributed by atoms with E-state index in [-0.39, 0.29) is 11.7 Å². The Bertz CT molecular complexity index is 965. The van der Waals surface area contributed by atoms with Crippen LogP contribution in [0.4, 0.5) is 19.0 Å². The van der Waals surface area contributed by atoms with E-state index in [9.17, 15) is 18.0 Å².